The Labute approximate surface area is 148 Å². The second kappa shape index (κ2) is 6.76. The minimum Gasteiger partial charge on any atom is -0.507 e. The lowest BCUT2D eigenvalue weighted by molar-refractivity contribution is 0.256. The maximum Gasteiger partial charge on any atom is 0.323 e. The highest BCUT2D eigenvalue weighted by Crippen LogP contribution is 2.34. The van der Waals surface area contributed by atoms with Gasteiger partial charge in [-0.15, -0.1) is 0 Å². The molecule has 0 aliphatic carbocycles. The first-order valence-corrected chi connectivity index (χ1v) is 8.10. The smallest absolute Gasteiger partial charge is 0.323 e. The fourth-order valence-corrected chi connectivity index (χ4v) is 2.99. The molecular weight excluding hydrogens is 368 g/mol. The third-order valence-corrected chi connectivity index (χ3v) is 4.32. The summed E-state index contributed by atoms with van der Waals surface area (Å²) in [6.45, 7) is 0. The van der Waals surface area contributed by atoms with Crippen molar-refractivity contribution in [2.75, 3.05) is 4.90 Å². The Kier molecular flexibility index (Phi) is 4.53. The number of rotatable bonds is 3. The zero-order chi connectivity index (χ0) is 17.1. The number of benzene rings is 3. The average Bonchev–Trinajstić information content (AvgIpc) is 2.58. The quantitative estimate of drug-likeness (QED) is 0.666. The monoisotopic (exact) mass is 382 g/mol. The van der Waals surface area contributed by atoms with E-state index in [0.29, 0.717) is 11.4 Å². The molecule has 120 valence electrons. The summed E-state index contributed by atoms with van der Waals surface area (Å²) in [5, 5.41) is 9.95. The number of nitrogens with zero attached hydrogens (tertiary/aromatic N) is 1. The number of aromatic hydroxyl groups is 1. The van der Waals surface area contributed by atoms with Crippen LogP contribution >= 0.6 is 15.9 Å². The van der Waals surface area contributed by atoms with Gasteiger partial charge in [0, 0.05) is 10.0 Å². The Bertz CT molecular complexity index is 879. The summed E-state index contributed by atoms with van der Waals surface area (Å²) in [4.78, 5) is 13.4. The standard InChI is InChI=1S/C19H15BrN2O2/c20-16-6-2-3-7-17(16)22(19(21)24)14-11-9-13(10-12-14)15-5-1-4-8-18(15)23/h1-12,23H,(H2,21,24). The van der Waals surface area contributed by atoms with E-state index in [9.17, 15) is 9.90 Å². The topological polar surface area (TPSA) is 66.6 Å². The molecular formula is C19H15BrN2O2. The molecule has 0 aliphatic heterocycles. The van der Waals surface area contributed by atoms with Crippen LogP contribution in [0.25, 0.3) is 11.1 Å². The summed E-state index contributed by atoms with van der Waals surface area (Å²) in [5.74, 6) is 0.211. The van der Waals surface area contributed by atoms with Crippen molar-refractivity contribution in [1.29, 1.82) is 0 Å². The fraction of sp³-hybridized carbons (Fsp3) is 0. The number of phenolic OH excluding ortho intramolecular Hbond substituents is 1. The first kappa shape index (κ1) is 16.1. The zero-order valence-corrected chi connectivity index (χ0v) is 14.3. The van der Waals surface area contributed by atoms with Crippen molar-refractivity contribution in [3.05, 3.63) is 77.3 Å². The Balaban J connectivity index is 2.01. The largest absolute Gasteiger partial charge is 0.507 e. The number of hydrogen-bond donors (Lipinski definition) is 2. The number of phenols is 1. The molecule has 0 saturated heterocycles. The molecule has 3 aromatic rings. The van der Waals surface area contributed by atoms with E-state index in [0.717, 1.165) is 15.6 Å². The summed E-state index contributed by atoms with van der Waals surface area (Å²) in [7, 11) is 0. The van der Waals surface area contributed by atoms with Gasteiger partial charge in [0.1, 0.15) is 5.75 Å². The lowest BCUT2D eigenvalue weighted by Crippen LogP contribution is -2.31. The number of urea groups is 1. The van der Waals surface area contributed by atoms with Crippen LogP contribution in [0.2, 0.25) is 0 Å². The Morgan fingerprint density at radius 1 is 0.917 bits per heavy atom. The van der Waals surface area contributed by atoms with E-state index in [4.69, 9.17) is 5.73 Å². The second-order valence-electron chi connectivity index (χ2n) is 5.19. The minimum absolute atomic E-state index is 0.211. The van der Waals surface area contributed by atoms with Gasteiger partial charge < -0.3 is 10.8 Å². The number of para-hydroxylation sites is 2. The molecule has 3 aromatic carbocycles. The van der Waals surface area contributed by atoms with Gasteiger partial charge in [0.25, 0.3) is 0 Å². The van der Waals surface area contributed by atoms with Gasteiger partial charge in [0.05, 0.1) is 11.4 Å². The van der Waals surface area contributed by atoms with Crippen molar-refractivity contribution in [2.45, 2.75) is 0 Å². The van der Waals surface area contributed by atoms with E-state index < -0.39 is 6.03 Å². The van der Waals surface area contributed by atoms with Gasteiger partial charge >= 0.3 is 6.03 Å². The van der Waals surface area contributed by atoms with Crippen molar-refractivity contribution >= 4 is 33.3 Å². The van der Waals surface area contributed by atoms with Gasteiger partial charge in [0.2, 0.25) is 0 Å². The van der Waals surface area contributed by atoms with Gasteiger partial charge in [-0.05, 0) is 51.8 Å². The van der Waals surface area contributed by atoms with Crippen LogP contribution in [0.1, 0.15) is 0 Å². The average molecular weight is 383 g/mol. The number of halogens is 1. The first-order chi connectivity index (χ1) is 11.6. The number of anilines is 2. The van der Waals surface area contributed by atoms with Crippen molar-refractivity contribution in [2.24, 2.45) is 5.73 Å². The lowest BCUT2D eigenvalue weighted by atomic mass is 10.0. The van der Waals surface area contributed by atoms with Crippen LogP contribution in [0, 0.1) is 0 Å². The van der Waals surface area contributed by atoms with Gasteiger partial charge in [-0.1, -0.05) is 42.5 Å². The second-order valence-corrected chi connectivity index (χ2v) is 6.04. The van der Waals surface area contributed by atoms with Gasteiger partial charge in [-0.25, -0.2) is 4.79 Å². The highest BCUT2D eigenvalue weighted by Gasteiger charge is 2.17. The van der Waals surface area contributed by atoms with Crippen molar-refractivity contribution in [1.82, 2.24) is 0 Å². The molecule has 0 spiro atoms. The van der Waals surface area contributed by atoms with E-state index in [-0.39, 0.29) is 5.75 Å². The molecule has 0 aliphatic rings. The van der Waals surface area contributed by atoms with Crippen LogP contribution in [-0.4, -0.2) is 11.1 Å². The highest BCUT2D eigenvalue weighted by molar-refractivity contribution is 9.10. The van der Waals surface area contributed by atoms with Crippen molar-refractivity contribution in [3.8, 4) is 16.9 Å². The molecule has 0 atom stereocenters. The van der Waals surface area contributed by atoms with E-state index in [1.54, 1.807) is 24.3 Å². The number of amides is 2. The Morgan fingerprint density at radius 2 is 1.54 bits per heavy atom. The summed E-state index contributed by atoms with van der Waals surface area (Å²) in [5.41, 5.74) is 8.47. The molecule has 3 rings (SSSR count). The third-order valence-electron chi connectivity index (χ3n) is 3.65. The molecule has 0 aromatic heterocycles. The molecule has 5 heteroatoms. The summed E-state index contributed by atoms with van der Waals surface area (Å²) in [6.07, 6.45) is 0. The summed E-state index contributed by atoms with van der Waals surface area (Å²) < 4.78 is 0.772. The van der Waals surface area contributed by atoms with E-state index in [2.05, 4.69) is 15.9 Å². The van der Waals surface area contributed by atoms with Gasteiger partial charge in [-0.3, -0.25) is 4.90 Å². The molecule has 0 bridgehead atoms. The van der Waals surface area contributed by atoms with Crippen LogP contribution in [0.15, 0.2) is 77.3 Å². The molecule has 2 amide bonds. The first-order valence-electron chi connectivity index (χ1n) is 7.30. The van der Waals surface area contributed by atoms with Crippen LogP contribution in [-0.2, 0) is 0 Å². The maximum atomic E-state index is 11.9. The number of primary amides is 1. The van der Waals surface area contributed by atoms with Crippen molar-refractivity contribution < 1.29 is 9.90 Å². The van der Waals surface area contributed by atoms with E-state index in [1.807, 2.05) is 48.5 Å². The molecule has 0 radical (unpaired) electrons. The van der Waals surface area contributed by atoms with Crippen LogP contribution in [0.3, 0.4) is 0 Å². The zero-order valence-electron chi connectivity index (χ0n) is 12.7. The summed E-state index contributed by atoms with van der Waals surface area (Å²) >= 11 is 3.44. The number of carbonyl (C=O) groups excluding carboxylic acids is 1. The van der Waals surface area contributed by atoms with Crippen LogP contribution in [0.4, 0.5) is 16.2 Å². The SMILES string of the molecule is NC(=O)N(c1ccc(-c2ccccc2O)cc1)c1ccccc1Br. The fourth-order valence-electron chi connectivity index (χ4n) is 2.53. The minimum atomic E-state index is -0.572. The normalized spacial score (nSPS) is 10.4. The molecule has 0 fully saturated rings. The predicted molar refractivity (Wildman–Crippen MR) is 99.4 cm³/mol. The number of nitrogens with two attached hydrogens (primary N) is 1. The molecule has 4 nitrogen and oxygen atoms in total. The molecule has 0 heterocycles. The number of hydrogen-bond acceptors (Lipinski definition) is 2. The van der Waals surface area contributed by atoms with E-state index in [1.165, 1.54) is 4.90 Å². The molecule has 0 unspecified atom stereocenters. The van der Waals surface area contributed by atoms with Gasteiger partial charge in [-0.2, -0.15) is 0 Å². The van der Waals surface area contributed by atoms with Crippen molar-refractivity contribution in [3.63, 3.8) is 0 Å². The third kappa shape index (κ3) is 3.12. The maximum absolute atomic E-state index is 11.9. The van der Waals surface area contributed by atoms with Crippen LogP contribution < -0.4 is 10.6 Å². The number of carbonyl (C=O) groups is 1. The predicted octanol–water partition coefficient (Wildman–Crippen LogP) is 5.04. The summed E-state index contributed by atoms with van der Waals surface area (Å²) in [6, 6.07) is 21.2. The van der Waals surface area contributed by atoms with Crippen LogP contribution in [0.5, 0.6) is 5.75 Å². The molecule has 0 saturated carbocycles. The lowest BCUT2D eigenvalue weighted by Gasteiger charge is -2.22. The molecule has 24 heavy (non-hydrogen) atoms. The van der Waals surface area contributed by atoms with E-state index >= 15 is 0 Å². The highest BCUT2D eigenvalue weighted by atomic mass is 79.9. The van der Waals surface area contributed by atoms with Gasteiger partial charge in [0.15, 0.2) is 0 Å². The molecule has 3 N–H and O–H groups in total. The Hall–Kier alpha value is -2.79. The Morgan fingerprint density at radius 3 is 2.17 bits per heavy atom.